The van der Waals surface area contributed by atoms with Crippen LogP contribution in [0.4, 0.5) is 0 Å². The predicted molar refractivity (Wildman–Crippen MR) is 80.4 cm³/mol. The molecule has 0 saturated heterocycles. The van der Waals surface area contributed by atoms with Crippen molar-refractivity contribution in [3.05, 3.63) is 35.4 Å². The fourth-order valence-corrected chi connectivity index (χ4v) is 2.85. The first-order valence-electron chi connectivity index (χ1n) is 7.68. The van der Waals surface area contributed by atoms with Crippen molar-refractivity contribution in [3.8, 4) is 0 Å². The van der Waals surface area contributed by atoms with Gasteiger partial charge in [-0.3, -0.25) is 0 Å². The molecule has 1 fully saturated rings. The molecule has 1 saturated carbocycles. The van der Waals surface area contributed by atoms with Crippen molar-refractivity contribution in [2.24, 2.45) is 5.92 Å². The Balaban J connectivity index is 1.94. The molecule has 1 N–H and O–H groups in total. The second-order valence-electron chi connectivity index (χ2n) is 5.69. The van der Waals surface area contributed by atoms with E-state index in [1.165, 1.54) is 36.8 Å². The minimum Gasteiger partial charge on any atom is -0.372 e. The minimum atomic E-state index is 0.195. The van der Waals surface area contributed by atoms with Gasteiger partial charge >= 0.3 is 0 Å². The van der Waals surface area contributed by atoms with Crippen molar-refractivity contribution in [2.45, 2.75) is 45.6 Å². The monoisotopic (exact) mass is 261 g/mol. The molecule has 0 aliphatic heterocycles. The molecule has 1 aromatic rings. The summed E-state index contributed by atoms with van der Waals surface area (Å²) in [6, 6.07) is 8.70. The van der Waals surface area contributed by atoms with Crippen LogP contribution < -0.4 is 5.32 Å². The molecule has 0 aromatic heterocycles. The van der Waals surface area contributed by atoms with Gasteiger partial charge in [0.25, 0.3) is 0 Å². The lowest BCUT2D eigenvalue weighted by molar-refractivity contribution is 0.0297. The first-order chi connectivity index (χ1) is 9.29. The highest BCUT2D eigenvalue weighted by molar-refractivity contribution is 5.24. The van der Waals surface area contributed by atoms with Gasteiger partial charge in [-0.1, -0.05) is 49.6 Å². The molecule has 106 valence electrons. The molecule has 19 heavy (non-hydrogen) atoms. The topological polar surface area (TPSA) is 21.3 Å². The number of ether oxygens (including phenoxy) is 1. The largest absolute Gasteiger partial charge is 0.372 e. The van der Waals surface area contributed by atoms with Crippen LogP contribution in [-0.2, 0) is 4.74 Å². The Morgan fingerprint density at radius 3 is 2.79 bits per heavy atom. The fraction of sp³-hybridized carbons (Fsp3) is 0.647. The molecule has 2 nitrogen and oxygen atoms in total. The Kier molecular flexibility index (Phi) is 5.87. The molecule has 2 rings (SSSR count). The van der Waals surface area contributed by atoms with Gasteiger partial charge in [-0.15, -0.1) is 0 Å². The zero-order chi connectivity index (χ0) is 13.5. The molecule has 1 aliphatic carbocycles. The van der Waals surface area contributed by atoms with E-state index in [9.17, 15) is 0 Å². The molecule has 0 bridgehead atoms. The molecule has 0 spiro atoms. The summed E-state index contributed by atoms with van der Waals surface area (Å²) < 4.78 is 6.21. The Hall–Kier alpha value is -0.860. The van der Waals surface area contributed by atoms with Gasteiger partial charge in [0.05, 0.1) is 12.7 Å². The Bertz CT molecular complexity index is 371. The Morgan fingerprint density at radius 2 is 2.11 bits per heavy atom. The lowest BCUT2D eigenvalue weighted by Crippen LogP contribution is -2.24. The summed E-state index contributed by atoms with van der Waals surface area (Å²) in [6.07, 6.45) is 5.66. The normalized spacial score (nSPS) is 17.8. The van der Waals surface area contributed by atoms with Gasteiger partial charge in [-0.05, 0) is 37.8 Å². The maximum atomic E-state index is 6.21. The van der Waals surface area contributed by atoms with Gasteiger partial charge in [-0.2, -0.15) is 0 Å². The van der Waals surface area contributed by atoms with Gasteiger partial charge in [0, 0.05) is 6.54 Å². The fourth-order valence-electron chi connectivity index (χ4n) is 2.85. The van der Waals surface area contributed by atoms with Crippen molar-refractivity contribution >= 4 is 0 Å². The third-order valence-corrected chi connectivity index (χ3v) is 4.00. The van der Waals surface area contributed by atoms with Crippen molar-refractivity contribution < 1.29 is 4.74 Å². The van der Waals surface area contributed by atoms with Crippen LogP contribution in [0.3, 0.4) is 0 Å². The number of rotatable bonds is 7. The average molecular weight is 261 g/mol. The van der Waals surface area contributed by atoms with Crippen molar-refractivity contribution in [1.29, 1.82) is 0 Å². The summed E-state index contributed by atoms with van der Waals surface area (Å²) in [6.45, 7) is 7.11. The van der Waals surface area contributed by atoms with Gasteiger partial charge in [-0.25, -0.2) is 0 Å². The lowest BCUT2D eigenvalue weighted by Gasteiger charge is -2.21. The van der Waals surface area contributed by atoms with Gasteiger partial charge < -0.3 is 10.1 Å². The van der Waals surface area contributed by atoms with Crippen LogP contribution in [0.1, 0.15) is 49.8 Å². The van der Waals surface area contributed by atoms with Crippen molar-refractivity contribution in [3.63, 3.8) is 0 Å². The Labute approximate surface area is 117 Å². The molecule has 2 heteroatoms. The summed E-state index contributed by atoms with van der Waals surface area (Å²) in [4.78, 5) is 0. The van der Waals surface area contributed by atoms with Gasteiger partial charge in [0.15, 0.2) is 0 Å². The molecular weight excluding hydrogens is 234 g/mol. The van der Waals surface area contributed by atoms with E-state index in [2.05, 4.69) is 43.4 Å². The van der Waals surface area contributed by atoms with Crippen LogP contribution in [0.25, 0.3) is 0 Å². The van der Waals surface area contributed by atoms with Crippen LogP contribution in [0.2, 0.25) is 0 Å². The maximum absolute atomic E-state index is 6.21. The number of aryl methyl sites for hydroxylation is 1. The molecule has 0 radical (unpaired) electrons. The van der Waals surface area contributed by atoms with Crippen LogP contribution in [0, 0.1) is 12.8 Å². The SMILES string of the molecule is CCNCC(OCC1CCCC1)c1cccc(C)c1. The van der Waals surface area contributed by atoms with E-state index in [1.54, 1.807) is 0 Å². The van der Waals surface area contributed by atoms with Crippen LogP contribution in [0.15, 0.2) is 24.3 Å². The zero-order valence-corrected chi connectivity index (χ0v) is 12.3. The maximum Gasteiger partial charge on any atom is 0.0949 e. The van der Waals surface area contributed by atoms with Crippen LogP contribution in [0.5, 0.6) is 0 Å². The standard InChI is InChI=1S/C17H27NO/c1-3-18-12-17(16-10-6-7-14(2)11-16)19-13-15-8-4-5-9-15/h6-7,10-11,15,17-18H,3-5,8-9,12-13H2,1-2H3. The summed E-state index contributed by atoms with van der Waals surface area (Å²) in [5.41, 5.74) is 2.61. The highest BCUT2D eigenvalue weighted by atomic mass is 16.5. The van der Waals surface area contributed by atoms with Gasteiger partial charge in [0.1, 0.15) is 0 Å². The zero-order valence-electron chi connectivity index (χ0n) is 12.3. The average Bonchev–Trinajstić information content (AvgIpc) is 2.92. The smallest absolute Gasteiger partial charge is 0.0949 e. The summed E-state index contributed by atoms with van der Waals surface area (Å²) in [7, 11) is 0. The number of hydrogen-bond donors (Lipinski definition) is 1. The summed E-state index contributed by atoms with van der Waals surface area (Å²) >= 11 is 0. The number of hydrogen-bond acceptors (Lipinski definition) is 2. The number of nitrogens with one attached hydrogen (secondary N) is 1. The van der Waals surface area contributed by atoms with Gasteiger partial charge in [0.2, 0.25) is 0 Å². The molecule has 1 aromatic carbocycles. The summed E-state index contributed by atoms with van der Waals surface area (Å²) in [5.74, 6) is 0.786. The number of likely N-dealkylation sites (N-methyl/N-ethyl adjacent to an activating group) is 1. The van der Waals surface area contributed by atoms with E-state index < -0.39 is 0 Å². The van der Waals surface area contributed by atoms with Crippen molar-refractivity contribution in [1.82, 2.24) is 5.32 Å². The second kappa shape index (κ2) is 7.66. The van der Waals surface area contributed by atoms with Crippen molar-refractivity contribution in [2.75, 3.05) is 19.7 Å². The highest BCUT2D eigenvalue weighted by Gasteiger charge is 2.18. The predicted octanol–water partition coefficient (Wildman–Crippen LogP) is 3.85. The molecule has 0 heterocycles. The molecule has 1 aliphatic rings. The quantitative estimate of drug-likeness (QED) is 0.805. The first kappa shape index (κ1) is 14.5. The van der Waals surface area contributed by atoms with E-state index in [0.29, 0.717) is 0 Å². The second-order valence-corrected chi connectivity index (χ2v) is 5.69. The third kappa shape index (κ3) is 4.63. The van der Waals surface area contributed by atoms with Crippen LogP contribution >= 0.6 is 0 Å². The van der Waals surface area contributed by atoms with Crippen LogP contribution in [-0.4, -0.2) is 19.7 Å². The van der Waals surface area contributed by atoms with E-state index in [4.69, 9.17) is 4.74 Å². The highest BCUT2D eigenvalue weighted by Crippen LogP contribution is 2.27. The Morgan fingerprint density at radius 1 is 1.32 bits per heavy atom. The molecule has 1 unspecified atom stereocenters. The first-order valence-corrected chi connectivity index (χ1v) is 7.68. The third-order valence-electron chi connectivity index (χ3n) is 4.00. The molecular formula is C17H27NO. The van der Waals surface area contributed by atoms with E-state index in [0.717, 1.165) is 25.6 Å². The minimum absolute atomic E-state index is 0.195. The van der Waals surface area contributed by atoms with E-state index >= 15 is 0 Å². The van der Waals surface area contributed by atoms with E-state index in [-0.39, 0.29) is 6.10 Å². The molecule has 0 amide bonds. The molecule has 1 atom stereocenters. The van der Waals surface area contributed by atoms with E-state index in [1.807, 2.05) is 0 Å². The number of benzene rings is 1. The summed E-state index contributed by atoms with van der Waals surface area (Å²) in [5, 5.41) is 3.42. The lowest BCUT2D eigenvalue weighted by atomic mass is 10.1.